The lowest BCUT2D eigenvalue weighted by molar-refractivity contribution is 0.252. The van der Waals surface area contributed by atoms with E-state index >= 15 is 0 Å². The molecule has 1 rings (SSSR count). The van der Waals surface area contributed by atoms with Gasteiger partial charge in [-0.25, -0.2) is 10.6 Å². The largest absolute Gasteiger partial charge is 0.333 e. The number of amides is 2. The first-order chi connectivity index (χ1) is 6.54. The van der Waals surface area contributed by atoms with Gasteiger partial charge < -0.3 is 5.32 Å². The van der Waals surface area contributed by atoms with Crippen molar-refractivity contribution >= 4 is 39.2 Å². The summed E-state index contributed by atoms with van der Waals surface area (Å²) in [5.41, 5.74) is 3.46. The number of urea groups is 1. The molecule has 0 aliphatic heterocycles. The Labute approximate surface area is 94.9 Å². The van der Waals surface area contributed by atoms with Crippen LogP contribution in [0.1, 0.15) is 5.56 Å². The van der Waals surface area contributed by atoms with Gasteiger partial charge in [0.2, 0.25) is 0 Å². The summed E-state index contributed by atoms with van der Waals surface area (Å²) >= 11 is 9.19. The van der Waals surface area contributed by atoms with Gasteiger partial charge in [-0.15, -0.1) is 0 Å². The minimum absolute atomic E-state index is 0.495. The summed E-state index contributed by atoms with van der Waals surface area (Å²) in [5.74, 6) is 4.93. The molecule has 0 aromatic heterocycles. The molecular formula is C8H9BrClN3O. The first kappa shape index (κ1) is 11.3. The van der Waals surface area contributed by atoms with Gasteiger partial charge in [-0.05, 0) is 40.5 Å². The number of anilines is 1. The van der Waals surface area contributed by atoms with E-state index in [2.05, 4.69) is 21.2 Å². The fraction of sp³-hybridized carbons (Fsp3) is 0.125. The number of nitrogens with two attached hydrogens (primary N) is 1. The van der Waals surface area contributed by atoms with Crippen LogP contribution in [0, 0.1) is 6.92 Å². The summed E-state index contributed by atoms with van der Waals surface area (Å²) in [6, 6.07) is 2.97. The van der Waals surface area contributed by atoms with Gasteiger partial charge in [-0.3, -0.25) is 5.43 Å². The lowest BCUT2D eigenvalue weighted by atomic mass is 10.2. The molecule has 0 saturated carbocycles. The van der Waals surface area contributed by atoms with Crippen LogP contribution < -0.4 is 16.6 Å². The van der Waals surface area contributed by atoms with Crippen LogP contribution in [0.4, 0.5) is 10.5 Å². The molecule has 0 aliphatic carbocycles. The van der Waals surface area contributed by atoms with Crippen LogP contribution in [0.2, 0.25) is 5.02 Å². The predicted octanol–water partition coefficient (Wildman–Crippen LogP) is 2.41. The number of hydrogen-bond donors (Lipinski definition) is 3. The summed E-state index contributed by atoms with van der Waals surface area (Å²) in [6.07, 6.45) is 0. The van der Waals surface area contributed by atoms with Gasteiger partial charge in [0.1, 0.15) is 0 Å². The maximum absolute atomic E-state index is 10.9. The number of aryl methyl sites for hydroxylation is 1. The Morgan fingerprint density at radius 1 is 1.57 bits per heavy atom. The molecule has 0 atom stereocenters. The SMILES string of the molecule is Cc1cc(Br)c(NC(=O)NN)cc1Cl. The van der Waals surface area contributed by atoms with Crippen molar-refractivity contribution in [2.24, 2.45) is 5.84 Å². The van der Waals surface area contributed by atoms with Crippen molar-refractivity contribution < 1.29 is 4.79 Å². The van der Waals surface area contributed by atoms with Crippen LogP contribution >= 0.6 is 27.5 Å². The van der Waals surface area contributed by atoms with E-state index in [4.69, 9.17) is 17.4 Å². The quantitative estimate of drug-likeness (QED) is 0.419. The second-order valence-electron chi connectivity index (χ2n) is 2.68. The third kappa shape index (κ3) is 2.60. The van der Waals surface area contributed by atoms with E-state index in [0.717, 1.165) is 10.0 Å². The molecule has 2 amide bonds. The highest BCUT2D eigenvalue weighted by Gasteiger charge is 2.06. The van der Waals surface area contributed by atoms with Crippen LogP contribution in [-0.2, 0) is 0 Å². The molecule has 6 heteroatoms. The zero-order valence-corrected chi connectivity index (χ0v) is 9.74. The Balaban J connectivity index is 2.98. The highest BCUT2D eigenvalue weighted by molar-refractivity contribution is 9.10. The van der Waals surface area contributed by atoms with E-state index in [-0.39, 0.29) is 0 Å². The Morgan fingerprint density at radius 3 is 2.79 bits per heavy atom. The summed E-state index contributed by atoms with van der Waals surface area (Å²) in [6.45, 7) is 1.87. The van der Waals surface area contributed by atoms with Gasteiger partial charge in [-0.2, -0.15) is 0 Å². The molecule has 4 N–H and O–H groups in total. The van der Waals surface area contributed by atoms with Crippen molar-refractivity contribution in [3.05, 3.63) is 27.2 Å². The van der Waals surface area contributed by atoms with Crippen LogP contribution in [-0.4, -0.2) is 6.03 Å². The standard InChI is InChI=1S/C8H9BrClN3O/c1-4-2-5(9)7(3-6(4)10)12-8(14)13-11/h2-3H,11H2,1H3,(H2,12,13,14). The van der Waals surface area contributed by atoms with Crippen LogP contribution in [0.15, 0.2) is 16.6 Å². The third-order valence-electron chi connectivity index (χ3n) is 1.63. The zero-order valence-electron chi connectivity index (χ0n) is 7.40. The lowest BCUT2D eigenvalue weighted by Gasteiger charge is -2.08. The van der Waals surface area contributed by atoms with E-state index < -0.39 is 6.03 Å². The average Bonchev–Trinajstić information content (AvgIpc) is 2.14. The maximum atomic E-state index is 10.9. The first-order valence-electron chi connectivity index (χ1n) is 3.78. The molecule has 4 nitrogen and oxygen atoms in total. The second-order valence-corrected chi connectivity index (χ2v) is 3.94. The summed E-state index contributed by atoms with van der Waals surface area (Å²) in [5, 5.41) is 3.11. The minimum atomic E-state index is -0.495. The fourth-order valence-corrected chi connectivity index (χ4v) is 1.62. The molecule has 1 aromatic rings. The molecule has 0 spiro atoms. The Bertz CT molecular complexity index is 370. The molecular weight excluding hydrogens is 269 g/mol. The van der Waals surface area contributed by atoms with Crippen molar-refractivity contribution in [3.63, 3.8) is 0 Å². The van der Waals surface area contributed by atoms with Crippen LogP contribution in [0.3, 0.4) is 0 Å². The number of halogens is 2. The fourth-order valence-electron chi connectivity index (χ4n) is 0.900. The smallest absolute Gasteiger partial charge is 0.306 e. The topological polar surface area (TPSA) is 67.2 Å². The van der Waals surface area contributed by atoms with E-state index in [0.29, 0.717) is 10.7 Å². The van der Waals surface area contributed by atoms with Crippen molar-refractivity contribution in [2.75, 3.05) is 5.32 Å². The molecule has 0 fully saturated rings. The summed E-state index contributed by atoms with van der Waals surface area (Å²) in [4.78, 5) is 10.9. The molecule has 76 valence electrons. The van der Waals surface area contributed by atoms with Crippen LogP contribution in [0.5, 0.6) is 0 Å². The lowest BCUT2D eigenvalue weighted by Crippen LogP contribution is -2.34. The Hall–Kier alpha value is -0.780. The summed E-state index contributed by atoms with van der Waals surface area (Å²) in [7, 11) is 0. The molecule has 0 unspecified atom stereocenters. The monoisotopic (exact) mass is 277 g/mol. The Kier molecular flexibility index (Phi) is 3.74. The number of rotatable bonds is 1. The van der Waals surface area contributed by atoms with Gasteiger partial charge in [0.05, 0.1) is 5.69 Å². The average molecular weight is 279 g/mol. The summed E-state index contributed by atoms with van der Waals surface area (Å²) < 4.78 is 0.753. The maximum Gasteiger partial charge on any atom is 0.333 e. The molecule has 0 heterocycles. The molecule has 14 heavy (non-hydrogen) atoms. The molecule has 0 saturated heterocycles. The highest BCUT2D eigenvalue weighted by Crippen LogP contribution is 2.28. The van der Waals surface area contributed by atoms with Crippen molar-refractivity contribution in [1.82, 2.24) is 5.43 Å². The van der Waals surface area contributed by atoms with Gasteiger partial charge in [0, 0.05) is 9.50 Å². The molecule has 0 radical (unpaired) electrons. The number of carbonyl (C=O) groups is 1. The van der Waals surface area contributed by atoms with E-state index in [1.54, 1.807) is 6.07 Å². The van der Waals surface area contributed by atoms with E-state index in [9.17, 15) is 4.79 Å². The van der Waals surface area contributed by atoms with E-state index in [1.807, 2.05) is 18.4 Å². The second kappa shape index (κ2) is 4.63. The van der Waals surface area contributed by atoms with Gasteiger partial charge >= 0.3 is 6.03 Å². The number of carbonyl (C=O) groups excluding carboxylic acids is 1. The Morgan fingerprint density at radius 2 is 2.21 bits per heavy atom. The number of hydrazine groups is 1. The molecule has 0 bridgehead atoms. The van der Waals surface area contributed by atoms with Gasteiger partial charge in [0.25, 0.3) is 0 Å². The first-order valence-corrected chi connectivity index (χ1v) is 4.95. The number of nitrogens with one attached hydrogen (secondary N) is 2. The number of hydrogen-bond acceptors (Lipinski definition) is 2. The zero-order chi connectivity index (χ0) is 10.7. The third-order valence-corrected chi connectivity index (χ3v) is 2.69. The van der Waals surface area contributed by atoms with E-state index in [1.165, 1.54) is 0 Å². The van der Waals surface area contributed by atoms with Gasteiger partial charge in [-0.1, -0.05) is 11.6 Å². The van der Waals surface area contributed by atoms with Crippen molar-refractivity contribution in [1.29, 1.82) is 0 Å². The molecule has 0 aliphatic rings. The van der Waals surface area contributed by atoms with Crippen molar-refractivity contribution in [3.8, 4) is 0 Å². The van der Waals surface area contributed by atoms with Crippen LogP contribution in [0.25, 0.3) is 0 Å². The minimum Gasteiger partial charge on any atom is -0.306 e. The number of benzene rings is 1. The predicted molar refractivity (Wildman–Crippen MR) is 60.2 cm³/mol. The normalized spacial score (nSPS) is 9.71. The highest BCUT2D eigenvalue weighted by atomic mass is 79.9. The van der Waals surface area contributed by atoms with Gasteiger partial charge in [0.15, 0.2) is 0 Å². The molecule has 1 aromatic carbocycles. The van der Waals surface area contributed by atoms with Crippen molar-refractivity contribution in [2.45, 2.75) is 6.92 Å².